The summed E-state index contributed by atoms with van der Waals surface area (Å²) in [6.07, 6.45) is 10.8. The third-order valence-electron chi connectivity index (χ3n) is 3.01. The molecule has 0 aliphatic carbocycles. The molecule has 0 spiro atoms. The van der Waals surface area contributed by atoms with Gasteiger partial charge in [0.15, 0.2) is 0 Å². The Labute approximate surface area is 129 Å². The fourth-order valence-corrected chi connectivity index (χ4v) is 1.92. The molecule has 0 fully saturated rings. The van der Waals surface area contributed by atoms with E-state index in [0.29, 0.717) is 6.54 Å². The van der Waals surface area contributed by atoms with Crippen molar-refractivity contribution in [3.8, 4) is 0 Å². The summed E-state index contributed by atoms with van der Waals surface area (Å²) in [5.74, 6) is -0.330. The minimum Gasteiger partial charge on any atom is -0.411 e. The van der Waals surface area contributed by atoms with Gasteiger partial charge in [0.25, 0.3) is 5.91 Å². The molecule has 6 heteroatoms. The van der Waals surface area contributed by atoms with Gasteiger partial charge in [-0.2, -0.15) is 0 Å². The van der Waals surface area contributed by atoms with Crippen LogP contribution in [0, 0.1) is 0 Å². The number of nitrogens with zero attached hydrogens (tertiary/aromatic N) is 2. The molecule has 120 valence electrons. The fraction of sp³-hybridized carbons (Fsp3) is 0.857. The minimum absolute atomic E-state index is 0. The largest absolute Gasteiger partial charge is 0.411 e. The summed E-state index contributed by atoms with van der Waals surface area (Å²) in [6, 6.07) is 0. The lowest BCUT2D eigenvalue weighted by atomic mass is 10.1. The molecule has 0 rings (SSSR count). The summed E-state index contributed by atoms with van der Waals surface area (Å²) in [6.45, 7) is 1.85. The lowest BCUT2D eigenvalue weighted by Crippen LogP contribution is -2.25. The van der Waals surface area contributed by atoms with Crippen LogP contribution in [0.25, 0.3) is 0 Å². The normalized spacial score (nSPS) is 10.8. The van der Waals surface area contributed by atoms with Crippen LogP contribution >= 0.6 is 12.4 Å². The molecule has 0 saturated carbocycles. The quantitative estimate of drug-likeness (QED) is 0.252. The van der Waals surface area contributed by atoms with Gasteiger partial charge >= 0.3 is 0 Å². The number of halogens is 1. The maximum absolute atomic E-state index is 10.9. The zero-order chi connectivity index (χ0) is 14.3. The molecule has 0 saturated heterocycles. The monoisotopic (exact) mass is 307 g/mol. The van der Waals surface area contributed by atoms with E-state index in [4.69, 9.17) is 5.21 Å². The topological polar surface area (TPSA) is 64.9 Å². The Bertz CT molecular complexity index is 249. The van der Waals surface area contributed by atoms with Crippen LogP contribution in [-0.4, -0.2) is 49.4 Å². The summed E-state index contributed by atoms with van der Waals surface area (Å²) < 4.78 is 0. The number of hydrogen-bond acceptors (Lipinski definition) is 4. The average Bonchev–Trinajstić information content (AvgIpc) is 2.36. The van der Waals surface area contributed by atoms with E-state index < -0.39 is 0 Å². The van der Waals surface area contributed by atoms with E-state index >= 15 is 0 Å². The van der Waals surface area contributed by atoms with Gasteiger partial charge in [-0.1, -0.05) is 43.7 Å². The van der Waals surface area contributed by atoms with Crippen molar-refractivity contribution in [2.75, 3.05) is 27.2 Å². The summed E-state index contributed by atoms with van der Waals surface area (Å²) in [4.78, 5) is 13.1. The number of carbonyl (C=O) groups is 1. The Morgan fingerprint density at radius 2 is 1.55 bits per heavy atom. The average molecular weight is 308 g/mol. The van der Waals surface area contributed by atoms with Crippen LogP contribution < -0.4 is 5.32 Å². The predicted molar refractivity (Wildman–Crippen MR) is 86.0 cm³/mol. The van der Waals surface area contributed by atoms with Gasteiger partial charge in [-0.25, -0.2) is 0 Å². The second kappa shape index (κ2) is 16.2. The lowest BCUT2D eigenvalue weighted by molar-refractivity contribution is -0.114. The SMILES string of the molecule is CN(C)CCCCCCCCCCNC(=O)C=NO.Cl. The van der Waals surface area contributed by atoms with E-state index in [1.54, 1.807) is 0 Å². The third-order valence-corrected chi connectivity index (χ3v) is 3.01. The third kappa shape index (κ3) is 17.2. The Kier molecular flexibility index (Phi) is 17.5. The van der Waals surface area contributed by atoms with E-state index in [9.17, 15) is 4.79 Å². The maximum atomic E-state index is 10.9. The van der Waals surface area contributed by atoms with Crippen molar-refractivity contribution in [3.05, 3.63) is 0 Å². The van der Waals surface area contributed by atoms with Crippen LogP contribution in [-0.2, 0) is 4.79 Å². The van der Waals surface area contributed by atoms with Crippen LogP contribution in [0.2, 0.25) is 0 Å². The molecule has 0 aliphatic rings. The molecule has 1 amide bonds. The van der Waals surface area contributed by atoms with Gasteiger partial charge in [0.2, 0.25) is 0 Å². The first kappa shape index (κ1) is 21.5. The van der Waals surface area contributed by atoms with Crippen molar-refractivity contribution in [1.29, 1.82) is 0 Å². The van der Waals surface area contributed by atoms with Gasteiger partial charge in [0.1, 0.15) is 6.21 Å². The molecule has 0 aromatic heterocycles. The van der Waals surface area contributed by atoms with E-state index in [1.807, 2.05) is 0 Å². The Balaban J connectivity index is 0. The molecular formula is C14H30ClN3O2. The number of oxime groups is 1. The highest BCUT2D eigenvalue weighted by Gasteiger charge is 1.96. The van der Waals surface area contributed by atoms with Gasteiger partial charge < -0.3 is 15.4 Å². The van der Waals surface area contributed by atoms with Gasteiger partial charge in [-0.05, 0) is 33.5 Å². The van der Waals surface area contributed by atoms with Crippen molar-refractivity contribution >= 4 is 24.5 Å². The molecule has 2 N–H and O–H groups in total. The molecule has 20 heavy (non-hydrogen) atoms. The molecule has 0 aromatic carbocycles. The standard InChI is InChI=1S/C14H29N3O2.ClH/c1-17(2)12-10-8-6-4-3-5-7-9-11-15-14(18)13-16-19;/h13,19H,3-12H2,1-2H3,(H,15,18);1H. The second-order valence-corrected chi connectivity index (χ2v) is 5.17. The van der Waals surface area contributed by atoms with Crippen LogP contribution in [0.3, 0.4) is 0 Å². The van der Waals surface area contributed by atoms with Crippen LogP contribution in [0.15, 0.2) is 5.16 Å². The number of unbranched alkanes of at least 4 members (excludes halogenated alkanes) is 7. The van der Waals surface area contributed by atoms with Gasteiger partial charge in [-0.15, -0.1) is 12.4 Å². The number of rotatable bonds is 12. The van der Waals surface area contributed by atoms with E-state index in [1.165, 1.54) is 45.1 Å². The zero-order valence-electron chi connectivity index (χ0n) is 12.8. The van der Waals surface area contributed by atoms with Crippen LogP contribution in [0.1, 0.15) is 51.4 Å². The molecule has 0 bridgehead atoms. The van der Waals surface area contributed by atoms with Gasteiger partial charge in [-0.3, -0.25) is 4.79 Å². The number of amides is 1. The fourth-order valence-electron chi connectivity index (χ4n) is 1.92. The van der Waals surface area contributed by atoms with Crippen molar-refractivity contribution in [2.45, 2.75) is 51.4 Å². The van der Waals surface area contributed by atoms with Gasteiger partial charge in [0.05, 0.1) is 0 Å². The Morgan fingerprint density at radius 1 is 1.05 bits per heavy atom. The molecule has 0 heterocycles. The maximum Gasteiger partial charge on any atom is 0.265 e. The molecule has 5 nitrogen and oxygen atoms in total. The molecule has 0 atom stereocenters. The van der Waals surface area contributed by atoms with E-state index in [0.717, 1.165) is 19.1 Å². The first-order valence-electron chi connectivity index (χ1n) is 7.27. The first-order valence-corrected chi connectivity index (χ1v) is 7.27. The van der Waals surface area contributed by atoms with Gasteiger partial charge in [0, 0.05) is 6.54 Å². The summed E-state index contributed by atoms with van der Waals surface area (Å²) in [5, 5.41) is 13.5. The minimum atomic E-state index is -0.330. The summed E-state index contributed by atoms with van der Waals surface area (Å²) in [7, 11) is 4.23. The zero-order valence-corrected chi connectivity index (χ0v) is 13.6. The Hall–Kier alpha value is -0.810. The van der Waals surface area contributed by atoms with E-state index in [-0.39, 0.29) is 18.3 Å². The first-order chi connectivity index (χ1) is 9.16. The van der Waals surface area contributed by atoms with Crippen LogP contribution in [0.4, 0.5) is 0 Å². The summed E-state index contributed by atoms with van der Waals surface area (Å²) in [5.41, 5.74) is 0. The smallest absolute Gasteiger partial charge is 0.265 e. The molecule has 0 unspecified atom stereocenters. The lowest BCUT2D eigenvalue weighted by Gasteiger charge is -2.08. The highest BCUT2D eigenvalue weighted by molar-refractivity contribution is 6.25. The van der Waals surface area contributed by atoms with E-state index in [2.05, 4.69) is 29.5 Å². The van der Waals surface area contributed by atoms with Crippen LogP contribution in [0.5, 0.6) is 0 Å². The van der Waals surface area contributed by atoms with Crippen molar-refractivity contribution in [2.24, 2.45) is 5.16 Å². The summed E-state index contributed by atoms with van der Waals surface area (Å²) >= 11 is 0. The molecular weight excluding hydrogens is 278 g/mol. The van der Waals surface area contributed by atoms with Crippen molar-refractivity contribution < 1.29 is 10.0 Å². The highest BCUT2D eigenvalue weighted by atomic mass is 35.5. The molecule has 0 aliphatic heterocycles. The molecule has 0 radical (unpaired) electrons. The second-order valence-electron chi connectivity index (χ2n) is 5.17. The predicted octanol–water partition coefficient (Wildman–Crippen LogP) is 2.67. The number of hydrogen-bond donors (Lipinski definition) is 2. The van der Waals surface area contributed by atoms with Crippen molar-refractivity contribution in [3.63, 3.8) is 0 Å². The Morgan fingerprint density at radius 3 is 2.05 bits per heavy atom. The molecule has 0 aromatic rings. The van der Waals surface area contributed by atoms with Crippen molar-refractivity contribution in [1.82, 2.24) is 10.2 Å². The highest BCUT2D eigenvalue weighted by Crippen LogP contribution is 2.08. The number of carbonyl (C=O) groups excluding carboxylic acids is 1. The number of nitrogens with one attached hydrogen (secondary N) is 1.